The summed E-state index contributed by atoms with van der Waals surface area (Å²) in [7, 11) is 0. The normalized spacial score (nSPS) is 14.1. The van der Waals surface area contributed by atoms with Crippen molar-refractivity contribution in [3.63, 3.8) is 0 Å². The van der Waals surface area contributed by atoms with Gasteiger partial charge in [-0.25, -0.2) is 0 Å². The van der Waals surface area contributed by atoms with Crippen LogP contribution in [0.3, 0.4) is 0 Å². The first-order chi connectivity index (χ1) is 24.3. The number of unbranched alkanes of at least 4 members (excludes halogenated alkanes) is 6. The predicted molar refractivity (Wildman–Crippen MR) is 199 cm³/mol. The quantitative estimate of drug-likeness (QED) is 0.0482. The molecule has 0 unspecified atom stereocenters. The molecule has 0 aliphatic carbocycles. The molecule has 6 aromatic rings. The van der Waals surface area contributed by atoms with Gasteiger partial charge in [-0.2, -0.15) is 0 Å². The van der Waals surface area contributed by atoms with Crippen LogP contribution in [0.1, 0.15) is 96.4 Å². The molecule has 3 aromatic carbocycles. The molecule has 7 rings (SSSR count). The molecule has 1 aliphatic heterocycles. The van der Waals surface area contributed by atoms with Crippen molar-refractivity contribution in [2.75, 3.05) is 22.6 Å². The number of amides is 2. The van der Waals surface area contributed by atoms with Crippen molar-refractivity contribution < 1.29 is 23.5 Å². The number of hydrogen-bond donors (Lipinski definition) is 3. The van der Waals surface area contributed by atoms with Crippen molar-refractivity contribution in [2.45, 2.75) is 71.1 Å². The van der Waals surface area contributed by atoms with Gasteiger partial charge in [-0.15, -0.1) is 11.6 Å². The zero-order chi connectivity index (χ0) is 34.8. The molecule has 0 bridgehead atoms. The largest absolute Gasteiger partial charge is 0.451 e. The van der Waals surface area contributed by atoms with Gasteiger partial charge in [0.05, 0.1) is 11.2 Å². The van der Waals surface area contributed by atoms with E-state index in [4.69, 9.17) is 20.8 Å². The van der Waals surface area contributed by atoms with E-state index in [-0.39, 0.29) is 29.5 Å². The molecule has 9 nitrogen and oxygen atoms in total. The van der Waals surface area contributed by atoms with E-state index in [9.17, 15) is 14.4 Å². The van der Waals surface area contributed by atoms with E-state index < -0.39 is 0 Å². The summed E-state index contributed by atoms with van der Waals surface area (Å²) in [5, 5.41) is 5.45. The first-order valence-electron chi connectivity index (χ1n) is 17.5. The molecule has 1 aliphatic rings. The molecule has 3 aromatic heterocycles. The maximum absolute atomic E-state index is 14.2. The van der Waals surface area contributed by atoms with Crippen LogP contribution in [0.2, 0.25) is 0 Å². The topological polar surface area (TPSA) is 120 Å². The number of nitrogens with zero attached hydrogens (tertiary/aromatic N) is 1. The summed E-state index contributed by atoms with van der Waals surface area (Å²) in [6, 6.07) is 18.2. The third-order valence-electron chi connectivity index (χ3n) is 9.64. The van der Waals surface area contributed by atoms with Crippen molar-refractivity contribution in [3.05, 3.63) is 89.4 Å². The first-order valence-corrected chi connectivity index (χ1v) is 18.0. The van der Waals surface area contributed by atoms with E-state index in [1.807, 2.05) is 49.5 Å². The highest BCUT2D eigenvalue weighted by molar-refractivity contribution is 6.19. The molecule has 2 amide bonds. The van der Waals surface area contributed by atoms with Crippen molar-refractivity contribution in [3.8, 4) is 5.75 Å². The lowest BCUT2D eigenvalue weighted by atomic mass is 9.96. The molecular weight excluding hydrogens is 652 g/mol. The molecule has 1 atom stereocenters. The van der Waals surface area contributed by atoms with Crippen LogP contribution in [-0.4, -0.2) is 40.2 Å². The number of ether oxygens (including phenoxy) is 1. The Hall–Kier alpha value is -5.02. The van der Waals surface area contributed by atoms with Crippen molar-refractivity contribution in [2.24, 2.45) is 0 Å². The number of anilines is 2. The van der Waals surface area contributed by atoms with Gasteiger partial charge < -0.3 is 29.3 Å². The van der Waals surface area contributed by atoms with Crippen LogP contribution >= 0.6 is 11.6 Å². The Morgan fingerprint density at radius 3 is 2.58 bits per heavy atom. The number of halogens is 1. The summed E-state index contributed by atoms with van der Waals surface area (Å²) in [6.45, 7) is 4.59. The standard InChI is InChI=1S/C40H41ClN4O5/c1-3-4-5-6-7-8-9-14-35(46)50-33-20-31-37(36-24(2)22-42-38(33)36)27(21-41)23-45(31)40(48)30-18-26-17-28(15-16-29(26)44-30)43-39(47)34-19-25-12-10-11-13-32(25)49-34/h10-13,15-20,22,27,42,44H,3-9,14,21,23H2,1-2H3,(H,43,47)/t27-/m1/s1. The fourth-order valence-corrected chi connectivity index (χ4v) is 7.32. The fraction of sp³-hybridized carbons (Fsp3) is 0.325. The SMILES string of the molecule is CCCCCCCCCC(=O)Oc1cc2c(c3c(C)c[nH]c13)[C@H](CCl)CN2C(=O)c1cc2cc(NC(=O)c3cc4ccccc4o3)ccc2[nH]1. The maximum atomic E-state index is 14.2. The van der Waals surface area contributed by atoms with Crippen LogP contribution in [0.4, 0.5) is 11.4 Å². The number of benzene rings is 3. The number of aryl methyl sites for hydroxylation is 1. The lowest BCUT2D eigenvalue weighted by Crippen LogP contribution is -2.30. The Kier molecular flexibility index (Phi) is 9.68. The van der Waals surface area contributed by atoms with Gasteiger partial charge in [0.25, 0.3) is 11.8 Å². The number of hydrogen-bond acceptors (Lipinski definition) is 5. The van der Waals surface area contributed by atoms with Crippen LogP contribution in [0.15, 0.2) is 71.3 Å². The van der Waals surface area contributed by atoms with Gasteiger partial charge >= 0.3 is 5.97 Å². The van der Waals surface area contributed by atoms with Gasteiger partial charge in [0.15, 0.2) is 11.5 Å². The Bertz CT molecular complexity index is 2180. The molecule has 0 radical (unpaired) electrons. The van der Waals surface area contributed by atoms with Crippen LogP contribution in [0.25, 0.3) is 32.8 Å². The Morgan fingerprint density at radius 2 is 1.78 bits per heavy atom. The van der Waals surface area contributed by atoms with Gasteiger partial charge in [0, 0.05) is 64.4 Å². The number of para-hydroxylation sites is 1. The lowest BCUT2D eigenvalue weighted by molar-refractivity contribution is -0.134. The predicted octanol–water partition coefficient (Wildman–Crippen LogP) is 9.99. The van der Waals surface area contributed by atoms with Gasteiger partial charge in [-0.05, 0) is 60.9 Å². The zero-order valence-corrected chi connectivity index (χ0v) is 29.1. The second-order valence-corrected chi connectivity index (χ2v) is 13.5. The number of esters is 1. The second kappa shape index (κ2) is 14.5. The summed E-state index contributed by atoms with van der Waals surface area (Å²) < 4.78 is 11.7. The number of carbonyl (C=O) groups excluding carboxylic acids is 3. The molecule has 258 valence electrons. The number of aromatic amines is 2. The van der Waals surface area contributed by atoms with Crippen LogP contribution in [0, 0.1) is 6.92 Å². The summed E-state index contributed by atoms with van der Waals surface area (Å²) in [5.74, 6) is -0.0179. The molecule has 3 N–H and O–H groups in total. The fourth-order valence-electron chi connectivity index (χ4n) is 7.07. The molecule has 0 fully saturated rings. The summed E-state index contributed by atoms with van der Waals surface area (Å²) >= 11 is 6.51. The van der Waals surface area contributed by atoms with Crippen LogP contribution < -0.4 is 15.0 Å². The second-order valence-electron chi connectivity index (χ2n) is 13.2. The van der Waals surface area contributed by atoms with Crippen LogP contribution in [-0.2, 0) is 4.79 Å². The summed E-state index contributed by atoms with van der Waals surface area (Å²) in [6.07, 6.45) is 10.0. The summed E-state index contributed by atoms with van der Waals surface area (Å²) in [5.41, 5.74) is 5.75. The van der Waals surface area contributed by atoms with Crippen LogP contribution in [0.5, 0.6) is 5.75 Å². The number of aromatic nitrogens is 2. The third-order valence-corrected chi connectivity index (χ3v) is 10.0. The van der Waals surface area contributed by atoms with Crippen molar-refractivity contribution in [1.82, 2.24) is 9.97 Å². The van der Waals surface area contributed by atoms with E-state index in [2.05, 4.69) is 22.2 Å². The number of furan rings is 1. The number of alkyl halides is 1. The molecular formula is C40H41ClN4O5. The monoisotopic (exact) mass is 692 g/mol. The Morgan fingerprint density at radius 1 is 0.980 bits per heavy atom. The molecule has 50 heavy (non-hydrogen) atoms. The molecule has 10 heteroatoms. The molecule has 4 heterocycles. The van der Waals surface area contributed by atoms with E-state index in [1.165, 1.54) is 25.7 Å². The number of H-pyrrole nitrogens is 2. The van der Waals surface area contributed by atoms with Crippen molar-refractivity contribution >= 4 is 73.5 Å². The number of carbonyl (C=O) groups is 3. The van der Waals surface area contributed by atoms with E-state index in [0.717, 1.165) is 57.6 Å². The highest BCUT2D eigenvalue weighted by Crippen LogP contribution is 2.47. The van der Waals surface area contributed by atoms with Gasteiger partial charge in [0.2, 0.25) is 0 Å². The van der Waals surface area contributed by atoms with Gasteiger partial charge in [-0.3, -0.25) is 14.4 Å². The van der Waals surface area contributed by atoms with Gasteiger partial charge in [0.1, 0.15) is 11.3 Å². The lowest BCUT2D eigenvalue weighted by Gasteiger charge is -2.18. The van der Waals surface area contributed by atoms with E-state index in [1.54, 1.807) is 29.2 Å². The minimum Gasteiger partial charge on any atom is -0.451 e. The Balaban J connectivity index is 1.11. The minimum atomic E-state index is -0.363. The average Bonchev–Trinajstić information content (AvgIpc) is 3.91. The maximum Gasteiger partial charge on any atom is 0.311 e. The minimum absolute atomic E-state index is 0.102. The highest BCUT2D eigenvalue weighted by atomic mass is 35.5. The number of nitrogens with one attached hydrogen (secondary N) is 3. The first kappa shape index (κ1) is 33.5. The molecule has 0 spiro atoms. The van der Waals surface area contributed by atoms with E-state index >= 15 is 0 Å². The van der Waals surface area contributed by atoms with Crippen molar-refractivity contribution in [1.29, 1.82) is 0 Å². The third kappa shape index (κ3) is 6.62. The Labute approximate surface area is 295 Å². The van der Waals surface area contributed by atoms with E-state index in [0.29, 0.717) is 47.2 Å². The van der Waals surface area contributed by atoms with Gasteiger partial charge in [-0.1, -0.05) is 63.6 Å². The molecule has 0 saturated heterocycles. The number of fused-ring (bicyclic) bond motifs is 5. The highest BCUT2D eigenvalue weighted by Gasteiger charge is 2.36. The average molecular weight is 693 g/mol. The molecule has 0 saturated carbocycles. The zero-order valence-electron chi connectivity index (χ0n) is 28.4. The number of rotatable bonds is 13. The summed E-state index contributed by atoms with van der Waals surface area (Å²) in [4.78, 5) is 48.4. The smallest absolute Gasteiger partial charge is 0.311 e.